The minimum absolute atomic E-state index is 0.584. The lowest BCUT2D eigenvalue weighted by Crippen LogP contribution is -1.93. The average molecular weight is 265 g/mol. The summed E-state index contributed by atoms with van der Waals surface area (Å²) >= 11 is 0. The van der Waals surface area contributed by atoms with Gasteiger partial charge in [0.05, 0.1) is 18.1 Å². The maximum atomic E-state index is 8.39. The molecule has 3 rings (SSSR count). The lowest BCUT2D eigenvalue weighted by Gasteiger charge is -2.07. The van der Waals surface area contributed by atoms with E-state index >= 15 is 0 Å². The normalized spacial score (nSPS) is 10.2. The van der Waals surface area contributed by atoms with Crippen molar-refractivity contribution < 1.29 is 4.74 Å². The lowest BCUT2D eigenvalue weighted by molar-refractivity contribution is 0.417. The van der Waals surface area contributed by atoms with Crippen LogP contribution in [0.5, 0.6) is 5.75 Å². The quantitative estimate of drug-likeness (QED) is 0.255. The van der Waals surface area contributed by atoms with Crippen LogP contribution in [-0.2, 0) is 0 Å². The molecule has 0 amide bonds. The van der Waals surface area contributed by atoms with Crippen LogP contribution >= 0.6 is 0 Å². The number of fused-ring (bicyclic) bond motifs is 2. The average Bonchev–Trinajstić information content (AvgIpc) is 2.49. The smallest absolute Gasteiger partial charge is 0.172 e. The zero-order valence-corrected chi connectivity index (χ0v) is 10.7. The number of methoxy groups -OCH3 is 1. The van der Waals surface area contributed by atoms with E-state index < -0.39 is 0 Å². The van der Waals surface area contributed by atoms with Gasteiger partial charge in [0.25, 0.3) is 0 Å². The second-order valence-electron chi connectivity index (χ2n) is 4.23. The number of aromatic nitrogens is 1. The Morgan fingerprint density at radius 1 is 1.15 bits per heavy atom. The fraction of sp³-hybridized carbons (Fsp3) is 0.0714. The zero-order valence-electron chi connectivity index (χ0n) is 10.7. The van der Waals surface area contributed by atoms with Crippen molar-refractivity contribution in [2.45, 2.75) is 0 Å². The first kappa shape index (κ1) is 12.1. The maximum absolute atomic E-state index is 8.39. The Balaban J connectivity index is 2.26. The molecule has 0 aliphatic carbocycles. The van der Waals surface area contributed by atoms with Gasteiger partial charge in [0.1, 0.15) is 0 Å². The largest absolute Gasteiger partial charge is 0.492 e. The summed E-state index contributed by atoms with van der Waals surface area (Å²) in [6, 6.07) is 13.6. The number of para-hydroxylation sites is 1. The maximum Gasteiger partial charge on any atom is 0.172 e. The van der Waals surface area contributed by atoms with Crippen molar-refractivity contribution in [3.63, 3.8) is 0 Å². The number of hydrogen-bond donors (Lipinski definition) is 1. The van der Waals surface area contributed by atoms with Gasteiger partial charge in [-0.25, -0.2) is 10.4 Å². The SMILES string of the molecule is COc1cc2cc3ccccc3nc2cc1NN=[N+]=[N-]. The molecule has 1 aromatic heterocycles. The van der Waals surface area contributed by atoms with Crippen LogP contribution in [0.1, 0.15) is 0 Å². The van der Waals surface area contributed by atoms with E-state index in [9.17, 15) is 0 Å². The third kappa shape index (κ3) is 2.04. The predicted octanol–water partition coefficient (Wildman–Crippen LogP) is 4.03. The van der Waals surface area contributed by atoms with Gasteiger partial charge in [0.15, 0.2) is 11.4 Å². The third-order valence-electron chi connectivity index (χ3n) is 3.05. The topological polar surface area (TPSA) is 82.9 Å². The van der Waals surface area contributed by atoms with Crippen molar-refractivity contribution in [3.8, 4) is 5.75 Å². The Labute approximate surface area is 114 Å². The van der Waals surface area contributed by atoms with Gasteiger partial charge in [-0.2, -0.15) is 4.91 Å². The summed E-state index contributed by atoms with van der Waals surface area (Å²) < 4.78 is 5.29. The first-order chi connectivity index (χ1) is 9.81. The zero-order chi connectivity index (χ0) is 13.9. The van der Waals surface area contributed by atoms with Gasteiger partial charge in [-0.3, -0.25) is 0 Å². The molecule has 6 nitrogen and oxygen atoms in total. The highest BCUT2D eigenvalue weighted by molar-refractivity contribution is 5.95. The minimum atomic E-state index is 0.584. The van der Waals surface area contributed by atoms with Gasteiger partial charge < -0.3 is 4.74 Å². The van der Waals surface area contributed by atoms with E-state index in [0.717, 1.165) is 21.8 Å². The molecule has 1 N–H and O–H groups in total. The van der Waals surface area contributed by atoms with Gasteiger partial charge in [0.2, 0.25) is 0 Å². The molecule has 0 unspecified atom stereocenters. The summed E-state index contributed by atoms with van der Waals surface area (Å²) in [6.45, 7) is 0. The number of rotatable bonds is 3. The van der Waals surface area contributed by atoms with Crippen molar-refractivity contribution in [3.05, 3.63) is 52.9 Å². The molecule has 0 aliphatic heterocycles. The Bertz CT molecular complexity index is 839. The third-order valence-corrected chi connectivity index (χ3v) is 3.05. The number of ether oxygens (including phenoxy) is 1. The number of nitrogens with one attached hydrogen (secondary N) is 1. The van der Waals surface area contributed by atoms with Crippen LogP contribution < -0.4 is 10.2 Å². The monoisotopic (exact) mass is 265 g/mol. The van der Waals surface area contributed by atoms with Crippen LogP contribution in [0.15, 0.2) is 47.7 Å². The highest BCUT2D eigenvalue weighted by Gasteiger charge is 2.09. The molecule has 0 radical (unpaired) electrons. The van der Waals surface area contributed by atoms with E-state index in [1.165, 1.54) is 0 Å². The van der Waals surface area contributed by atoms with E-state index in [4.69, 9.17) is 10.3 Å². The molecule has 20 heavy (non-hydrogen) atoms. The molecule has 0 aliphatic rings. The molecular weight excluding hydrogens is 254 g/mol. The Hall–Kier alpha value is -2.98. The van der Waals surface area contributed by atoms with Crippen LogP contribution in [0.3, 0.4) is 0 Å². The molecule has 0 saturated carbocycles. The van der Waals surface area contributed by atoms with Crippen molar-refractivity contribution >= 4 is 27.5 Å². The number of anilines is 1. The Kier molecular flexibility index (Phi) is 2.99. The van der Waals surface area contributed by atoms with Crippen LogP contribution in [0.25, 0.3) is 32.2 Å². The minimum Gasteiger partial charge on any atom is -0.492 e. The molecule has 6 heteroatoms. The van der Waals surface area contributed by atoms with Crippen molar-refractivity contribution in [2.24, 2.45) is 5.22 Å². The van der Waals surface area contributed by atoms with E-state index in [1.54, 1.807) is 13.2 Å². The Morgan fingerprint density at radius 3 is 2.80 bits per heavy atom. The van der Waals surface area contributed by atoms with E-state index in [1.807, 2.05) is 30.3 Å². The van der Waals surface area contributed by atoms with Gasteiger partial charge in [-0.15, -0.1) is 5.53 Å². The molecular formula is C14H11N5O. The van der Waals surface area contributed by atoms with Crippen molar-refractivity contribution in [1.82, 2.24) is 4.98 Å². The molecule has 0 atom stereocenters. The molecule has 2 aromatic carbocycles. The molecule has 0 saturated heterocycles. The number of benzene rings is 2. The summed E-state index contributed by atoms with van der Waals surface area (Å²) in [7, 11) is 1.57. The molecule has 1 heterocycles. The van der Waals surface area contributed by atoms with Gasteiger partial charge in [0, 0.05) is 16.8 Å². The molecule has 0 bridgehead atoms. The van der Waals surface area contributed by atoms with Crippen molar-refractivity contribution in [2.75, 3.05) is 12.5 Å². The number of hydrogen-bond acceptors (Lipinski definition) is 3. The van der Waals surface area contributed by atoms with E-state index in [-0.39, 0.29) is 0 Å². The van der Waals surface area contributed by atoms with Crippen LogP contribution in [0.4, 0.5) is 5.69 Å². The fourth-order valence-electron chi connectivity index (χ4n) is 2.14. The van der Waals surface area contributed by atoms with Gasteiger partial charge in [-0.1, -0.05) is 18.2 Å². The lowest BCUT2D eigenvalue weighted by atomic mass is 10.1. The second kappa shape index (κ2) is 4.95. The summed E-state index contributed by atoms with van der Waals surface area (Å²) in [4.78, 5) is 7.27. The summed E-state index contributed by atoms with van der Waals surface area (Å²) in [6.07, 6.45) is 0. The standard InChI is InChI=1S/C14H11N5O/c1-20-14-7-10-6-9-4-2-3-5-11(9)16-12(10)8-13(14)17-19-18-15/h2-8,17H,1H3. The Morgan fingerprint density at radius 2 is 2.00 bits per heavy atom. The number of azide groups is 1. The molecule has 0 fully saturated rings. The highest BCUT2D eigenvalue weighted by atomic mass is 16.5. The highest BCUT2D eigenvalue weighted by Crippen LogP contribution is 2.31. The van der Waals surface area contributed by atoms with Crippen molar-refractivity contribution in [1.29, 1.82) is 0 Å². The molecule has 98 valence electrons. The summed E-state index contributed by atoms with van der Waals surface area (Å²) in [5, 5.41) is 5.37. The van der Waals surface area contributed by atoms with E-state index in [2.05, 4.69) is 26.6 Å². The van der Waals surface area contributed by atoms with Crippen LogP contribution in [0.2, 0.25) is 0 Å². The summed E-state index contributed by atoms with van der Waals surface area (Å²) in [5.41, 5.74) is 13.3. The second-order valence-corrected chi connectivity index (χ2v) is 4.23. The first-order valence-corrected chi connectivity index (χ1v) is 5.99. The van der Waals surface area contributed by atoms with Gasteiger partial charge >= 0.3 is 0 Å². The van der Waals surface area contributed by atoms with E-state index in [0.29, 0.717) is 11.4 Å². The fourth-order valence-corrected chi connectivity index (χ4v) is 2.14. The number of nitrogens with zero attached hydrogens (tertiary/aromatic N) is 4. The van der Waals surface area contributed by atoms with Crippen LogP contribution in [0, 0.1) is 0 Å². The molecule has 3 aromatic rings. The molecule has 0 spiro atoms. The number of pyridine rings is 1. The van der Waals surface area contributed by atoms with Crippen LogP contribution in [-0.4, -0.2) is 12.1 Å². The first-order valence-electron chi connectivity index (χ1n) is 5.99. The predicted molar refractivity (Wildman–Crippen MR) is 78.6 cm³/mol. The van der Waals surface area contributed by atoms with Gasteiger partial charge in [-0.05, 0) is 23.4 Å². The summed E-state index contributed by atoms with van der Waals surface area (Å²) in [5.74, 6) is 0.599.